The lowest BCUT2D eigenvalue weighted by Crippen LogP contribution is -2.33. The van der Waals surface area contributed by atoms with E-state index in [1.54, 1.807) is 6.20 Å². The SMILES string of the molecule is CC(C)(C)c1cc(CC(=O)Cc2ccc(C#Cc3ccc(OCCN4CCCCC4)cc3)nc2)no1. The maximum absolute atomic E-state index is 12.5. The Morgan fingerprint density at radius 3 is 2.47 bits per heavy atom. The van der Waals surface area contributed by atoms with E-state index in [9.17, 15) is 4.79 Å². The van der Waals surface area contributed by atoms with Crippen molar-refractivity contribution in [3.8, 4) is 17.6 Å². The van der Waals surface area contributed by atoms with Gasteiger partial charge in [0.05, 0.1) is 12.1 Å². The molecule has 0 aliphatic carbocycles. The van der Waals surface area contributed by atoms with Gasteiger partial charge in [0, 0.05) is 36.2 Å². The number of ether oxygens (including phenoxy) is 1. The number of rotatable bonds is 8. The molecular weight excluding hydrogens is 450 g/mol. The van der Waals surface area contributed by atoms with Crippen molar-refractivity contribution in [2.45, 2.75) is 58.3 Å². The van der Waals surface area contributed by atoms with Crippen LogP contribution in [0, 0.1) is 11.8 Å². The van der Waals surface area contributed by atoms with Gasteiger partial charge in [-0.05, 0) is 67.7 Å². The summed E-state index contributed by atoms with van der Waals surface area (Å²) in [7, 11) is 0. The van der Waals surface area contributed by atoms with Crippen LogP contribution in [0.3, 0.4) is 0 Å². The maximum atomic E-state index is 12.5. The fraction of sp³-hybridized carbons (Fsp3) is 0.433. The Bertz CT molecular complexity index is 1190. The summed E-state index contributed by atoms with van der Waals surface area (Å²) in [5.74, 6) is 7.95. The first-order valence-corrected chi connectivity index (χ1v) is 12.8. The zero-order valence-electron chi connectivity index (χ0n) is 21.5. The van der Waals surface area contributed by atoms with E-state index < -0.39 is 0 Å². The molecule has 2 aromatic heterocycles. The van der Waals surface area contributed by atoms with Gasteiger partial charge in [-0.15, -0.1) is 0 Å². The lowest BCUT2D eigenvalue weighted by Gasteiger charge is -2.26. The number of ketones is 1. The first kappa shape index (κ1) is 25.7. The summed E-state index contributed by atoms with van der Waals surface area (Å²) < 4.78 is 11.3. The van der Waals surface area contributed by atoms with Crippen molar-refractivity contribution in [1.29, 1.82) is 0 Å². The van der Waals surface area contributed by atoms with Crippen molar-refractivity contribution >= 4 is 5.78 Å². The van der Waals surface area contributed by atoms with E-state index in [0.717, 1.165) is 29.2 Å². The van der Waals surface area contributed by atoms with Crippen molar-refractivity contribution in [1.82, 2.24) is 15.0 Å². The van der Waals surface area contributed by atoms with Gasteiger partial charge in [0.2, 0.25) is 0 Å². The molecule has 1 aliphatic rings. The van der Waals surface area contributed by atoms with Crippen LogP contribution >= 0.6 is 0 Å². The van der Waals surface area contributed by atoms with Crippen molar-refractivity contribution in [2.75, 3.05) is 26.2 Å². The first-order valence-electron chi connectivity index (χ1n) is 12.8. The van der Waals surface area contributed by atoms with Crippen LogP contribution in [0.25, 0.3) is 0 Å². The molecule has 1 aliphatic heterocycles. The summed E-state index contributed by atoms with van der Waals surface area (Å²) in [6.45, 7) is 10.2. The minimum atomic E-state index is -0.127. The molecule has 0 spiro atoms. The topological polar surface area (TPSA) is 68.5 Å². The van der Waals surface area contributed by atoms with E-state index in [2.05, 4.69) is 47.7 Å². The molecule has 0 unspecified atom stereocenters. The highest BCUT2D eigenvalue weighted by molar-refractivity contribution is 5.82. The molecule has 0 atom stereocenters. The highest BCUT2D eigenvalue weighted by Crippen LogP contribution is 2.23. The van der Waals surface area contributed by atoms with Crippen LogP contribution in [-0.4, -0.2) is 47.1 Å². The monoisotopic (exact) mass is 485 g/mol. The standard InChI is InChI=1S/C30H35N3O3/c1-30(2,3)29-21-26(32-36-29)20-27(34)19-24-8-12-25(31-22-24)11-7-23-9-13-28(14-10-23)35-18-17-33-15-5-4-6-16-33/h8-10,12-14,21-22H,4-6,15-20H2,1-3H3. The van der Waals surface area contributed by atoms with Gasteiger partial charge in [-0.1, -0.05) is 44.3 Å². The zero-order chi connectivity index (χ0) is 25.4. The summed E-state index contributed by atoms with van der Waals surface area (Å²) in [5, 5.41) is 4.03. The van der Waals surface area contributed by atoms with Crippen molar-refractivity contribution in [3.63, 3.8) is 0 Å². The van der Waals surface area contributed by atoms with Gasteiger partial charge in [-0.2, -0.15) is 0 Å². The molecule has 6 heteroatoms. The van der Waals surface area contributed by atoms with Crippen molar-refractivity contribution in [2.24, 2.45) is 0 Å². The number of pyridine rings is 1. The Balaban J connectivity index is 1.24. The number of hydrogen-bond donors (Lipinski definition) is 0. The third-order valence-corrected chi connectivity index (χ3v) is 6.22. The Kier molecular flexibility index (Phi) is 8.56. The van der Waals surface area contributed by atoms with Crippen LogP contribution in [0.4, 0.5) is 0 Å². The quantitative estimate of drug-likeness (QED) is 0.419. The molecule has 0 bridgehead atoms. The average Bonchev–Trinajstić information content (AvgIpc) is 3.34. The van der Waals surface area contributed by atoms with Crippen LogP contribution in [-0.2, 0) is 23.1 Å². The van der Waals surface area contributed by atoms with Gasteiger partial charge < -0.3 is 9.26 Å². The second-order valence-corrected chi connectivity index (χ2v) is 10.4. The van der Waals surface area contributed by atoms with Gasteiger partial charge in [0.25, 0.3) is 0 Å². The zero-order valence-corrected chi connectivity index (χ0v) is 21.5. The summed E-state index contributed by atoms with van der Waals surface area (Å²) in [4.78, 5) is 19.3. The number of benzene rings is 1. The molecule has 3 heterocycles. The summed E-state index contributed by atoms with van der Waals surface area (Å²) in [6.07, 6.45) is 6.21. The number of carbonyl (C=O) groups excluding carboxylic acids is 1. The molecule has 1 fully saturated rings. The minimum Gasteiger partial charge on any atom is -0.492 e. The number of hydrogen-bond acceptors (Lipinski definition) is 6. The molecule has 0 radical (unpaired) electrons. The second-order valence-electron chi connectivity index (χ2n) is 10.4. The highest BCUT2D eigenvalue weighted by atomic mass is 16.5. The van der Waals surface area contributed by atoms with Gasteiger partial charge in [-0.3, -0.25) is 9.69 Å². The largest absolute Gasteiger partial charge is 0.492 e. The normalized spacial score (nSPS) is 14.2. The van der Waals surface area contributed by atoms with Crippen LogP contribution in [0.1, 0.15) is 68.3 Å². The van der Waals surface area contributed by atoms with Gasteiger partial charge in [-0.25, -0.2) is 4.98 Å². The lowest BCUT2D eigenvalue weighted by atomic mass is 9.93. The van der Waals surface area contributed by atoms with Crippen LogP contribution in [0.2, 0.25) is 0 Å². The maximum Gasteiger partial charge on any atom is 0.143 e. The van der Waals surface area contributed by atoms with Gasteiger partial charge >= 0.3 is 0 Å². The third kappa shape index (κ3) is 7.79. The Morgan fingerprint density at radius 2 is 1.81 bits per heavy atom. The van der Waals surface area contributed by atoms with E-state index in [0.29, 0.717) is 24.4 Å². The predicted molar refractivity (Wildman–Crippen MR) is 140 cm³/mol. The molecule has 3 aromatic rings. The summed E-state index contributed by atoms with van der Waals surface area (Å²) in [6, 6.07) is 13.5. The lowest BCUT2D eigenvalue weighted by molar-refractivity contribution is -0.117. The smallest absolute Gasteiger partial charge is 0.143 e. The molecule has 0 amide bonds. The summed E-state index contributed by atoms with van der Waals surface area (Å²) >= 11 is 0. The molecule has 1 saturated heterocycles. The minimum absolute atomic E-state index is 0.0719. The van der Waals surface area contributed by atoms with Crippen LogP contribution in [0.15, 0.2) is 53.2 Å². The molecule has 0 saturated carbocycles. The number of nitrogens with zero attached hydrogens (tertiary/aromatic N) is 3. The molecule has 36 heavy (non-hydrogen) atoms. The molecule has 0 N–H and O–H groups in total. The number of aromatic nitrogens is 2. The number of Topliss-reactive ketones (excluding diaryl/α,β-unsaturated/α-hetero) is 1. The molecule has 1 aromatic carbocycles. The first-order chi connectivity index (χ1) is 17.3. The number of piperidine rings is 1. The molecule has 6 nitrogen and oxygen atoms in total. The third-order valence-electron chi connectivity index (χ3n) is 6.22. The second kappa shape index (κ2) is 12.0. The number of likely N-dealkylation sites (tertiary alicyclic amines) is 1. The van der Waals surface area contributed by atoms with Crippen molar-refractivity contribution in [3.05, 3.63) is 76.9 Å². The van der Waals surface area contributed by atoms with E-state index >= 15 is 0 Å². The van der Waals surface area contributed by atoms with E-state index in [1.165, 1.54) is 32.4 Å². The molecular formula is C30H35N3O3. The fourth-order valence-electron chi connectivity index (χ4n) is 4.09. The van der Waals surface area contributed by atoms with Gasteiger partial charge in [0.15, 0.2) is 0 Å². The van der Waals surface area contributed by atoms with Crippen LogP contribution < -0.4 is 4.74 Å². The van der Waals surface area contributed by atoms with Gasteiger partial charge in [0.1, 0.15) is 29.6 Å². The highest BCUT2D eigenvalue weighted by Gasteiger charge is 2.20. The Morgan fingerprint density at radius 1 is 1.03 bits per heavy atom. The summed E-state index contributed by atoms with van der Waals surface area (Å²) in [5.41, 5.74) is 2.97. The fourth-order valence-corrected chi connectivity index (χ4v) is 4.09. The Hall–Kier alpha value is -3.43. The van der Waals surface area contributed by atoms with E-state index in [-0.39, 0.29) is 17.6 Å². The molecule has 188 valence electrons. The predicted octanol–water partition coefficient (Wildman–Crippen LogP) is 4.99. The molecule has 4 rings (SSSR count). The Labute approximate surface area is 214 Å². The average molecular weight is 486 g/mol. The van der Waals surface area contributed by atoms with E-state index in [1.807, 2.05) is 42.5 Å². The number of carbonyl (C=O) groups is 1. The van der Waals surface area contributed by atoms with Crippen molar-refractivity contribution < 1.29 is 14.1 Å². The van der Waals surface area contributed by atoms with E-state index in [4.69, 9.17) is 9.26 Å². The van der Waals surface area contributed by atoms with Crippen LogP contribution in [0.5, 0.6) is 5.75 Å².